The molecule has 1 fully saturated rings. The fraction of sp³-hybridized carbons (Fsp3) is 0.381. The molecule has 5 atom stereocenters. The van der Waals surface area contributed by atoms with Crippen LogP contribution in [0.1, 0.15) is 11.1 Å². The summed E-state index contributed by atoms with van der Waals surface area (Å²) in [5.74, 6) is -0.373. The van der Waals surface area contributed by atoms with Gasteiger partial charge in [-0.25, -0.2) is 9.07 Å². The number of methoxy groups -OCH3 is 1. The summed E-state index contributed by atoms with van der Waals surface area (Å²) in [5.41, 5.74) is -0.455. The monoisotopic (exact) mass is 480 g/mol. The summed E-state index contributed by atoms with van der Waals surface area (Å²) < 4.78 is 27.0. The van der Waals surface area contributed by atoms with Gasteiger partial charge in [-0.1, -0.05) is 28.9 Å². The Morgan fingerprint density at radius 2 is 2.12 bits per heavy atom. The molecule has 3 heterocycles. The molecule has 1 aromatic carbocycles. The van der Waals surface area contributed by atoms with Gasteiger partial charge in [-0.3, -0.25) is 4.98 Å². The van der Waals surface area contributed by atoms with Gasteiger partial charge in [0.25, 0.3) is 0 Å². The summed E-state index contributed by atoms with van der Waals surface area (Å²) in [7, 11) is 1.45. The largest absolute Gasteiger partial charge is 0.394 e. The van der Waals surface area contributed by atoms with E-state index in [-0.39, 0.29) is 5.82 Å². The maximum atomic E-state index is 14.1. The fourth-order valence-electron chi connectivity index (χ4n) is 4.13. The van der Waals surface area contributed by atoms with Gasteiger partial charge in [-0.15, -0.1) is 17.7 Å². The highest BCUT2D eigenvalue weighted by Gasteiger charge is 2.59. The van der Waals surface area contributed by atoms with Crippen LogP contribution in [0.3, 0.4) is 0 Å². The number of rotatable bonds is 5. The normalized spacial score (nSPS) is 28.1. The van der Waals surface area contributed by atoms with Gasteiger partial charge in [0.2, 0.25) is 0 Å². The summed E-state index contributed by atoms with van der Waals surface area (Å²) in [6.45, 7) is 1.19. The zero-order valence-electron chi connectivity index (χ0n) is 17.3. The summed E-state index contributed by atoms with van der Waals surface area (Å²) in [6, 6.07) is 6.36. The molecule has 3 aromatic rings. The third kappa shape index (κ3) is 3.70. The number of ether oxygens (including phenoxy) is 2. The zero-order valence-corrected chi connectivity index (χ0v) is 18.9. The average molecular weight is 481 g/mol. The smallest absolute Gasteiger partial charge is 0.149 e. The first kappa shape index (κ1) is 23.1. The molecule has 1 aliphatic heterocycles. The van der Waals surface area contributed by atoms with Gasteiger partial charge in [0.15, 0.2) is 0 Å². The predicted octanol–water partition coefficient (Wildman–Crippen LogP) is 2.21. The van der Waals surface area contributed by atoms with Gasteiger partial charge in [0.05, 0.1) is 17.8 Å². The predicted molar refractivity (Wildman–Crippen MR) is 118 cm³/mol. The maximum absolute atomic E-state index is 14.1. The molecule has 170 valence electrons. The van der Waals surface area contributed by atoms with Crippen molar-refractivity contribution in [2.24, 2.45) is 0 Å². The SMILES string of the molecule is CO[C@@H]1[C@H](S)O[C@@H](CO)[C@@H](O)[C@@]1(c1cncc(Cl)c1)n1cc(-c2ccc(C)c(F)c2)nn1. The highest BCUT2D eigenvalue weighted by atomic mass is 35.5. The Bertz CT molecular complexity index is 1120. The van der Waals surface area contributed by atoms with Crippen molar-refractivity contribution in [3.63, 3.8) is 0 Å². The van der Waals surface area contributed by atoms with E-state index in [0.29, 0.717) is 27.4 Å². The molecule has 0 unspecified atom stereocenters. The number of hydrogen-bond acceptors (Lipinski definition) is 8. The first-order valence-corrected chi connectivity index (χ1v) is 10.7. The van der Waals surface area contributed by atoms with E-state index in [1.807, 2.05) is 0 Å². The van der Waals surface area contributed by atoms with Crippen LogP contribution in [0.4, 0.5) is 4.39 Å². The molecule has 2 aromatic heterocycles. The number of nitrogens with zero attached hydrogens (tertiary/aromatic N) is 4. The lowest BCUT2D eigenvalue weighted by atomic mass is 9.76. The van der Waals surface area contributed by atoms with E-state index in [1.54, 1.807) is 31.3 Å². The summed E-state index contributed by atoms with van der Waals surface area (Å²) in [4.78, 5) is 4.16. The van der Waals surface area contributed by atoms with E-state index in [0.717, 1.165) is 0 Å². The number of thiol groups is 1. The molecule has 0 aliphatic carbocycles. The number of aliphatic hydroxyl groups is 2. The van der Waals surface area contributed by atoms with E-state index in [4.69, 9.17) is 21.1 Å². The third-order valence-corrected chi connectivity index (χ3v) is 6.35. The number of pyridine rings is 1. The van der Waals surface area contributed by atoms with Gasteiger partial charge in [0.1, 0.15) is 40.8 Å². The quantitative estimate of drug-likeness (QED) is 0.481. The van der Waals surface area contributed by atoms with Crippen molar-refractivity contribution >= 4 is 24.2 Å². The molecule has 1 aliphatic rings. The average Bonchev–Trinajstić information content (AvgIpc) is 3.27. The second kappa shape index (κ2) is 9.05. The second-order valence-corrected chi connectivity index (χ2v) is 8.52. The van der Waals surface area contributed by atoms with E-state index < -0.39 is 35.9 Å². The summed E-state index contributed by atoms with van der Waals surface area (Å²) in [6.07, 6.45) is 1.32. The van der Waals surface area contributed by atoms with Gasteiger partial charge < -0.3 is 19.7 Å². The van der Waals surface area contributed by atoms with Crippen LogP contribution < -0.4 is 0 Å². The Morgan fingerprint density at radius 3 is 2.78 bits per heavy atom. The maximum Gasteiger partial charge on any atom is 0.149 e. The molecular formula is C21H22ClFN4O4S. The molecule has 4 rings (SSSR count). The Morgan fingerprint density at radius 1 is 1.34 bits per heavy atom. The molecule has 32 heavy (non-hydrogen) atoms. The van der Waals surface area contributed by atoms with Crippen LogP contribution in [-0.4, -0.2) is 67.7 Å². The van der Waals surface area contributed by atoms with Crippen molar-refractivity contribution in [1.82, 2.24) is 20.0 Å². The topological polar surface area (TPSA) is 103 Å². The number of hydrogen-bond donors (Lipinski definition) is 3. The van der Waals surface area contributed by atoms with Gasteiger partial charge >= 0.3 is 0 Å². The molecule has 11 heteroatoms. The van der Waals surface area contributed by atoms with Crippen LogP contribution in [0.2, 0.25) is 5.02 Å². The molecule has 2 N–H and O–H groups in total. The molecule has 0 amide bonds. The van der Waals surface area contributed by atoms with E-state index in [1.165, 1.54) is 30.3 Å². The van der Waals surface area contributed by atoms with Gasteiger partial charge in [-0.05, 0) is 24.6 Å². The van der Waals surface area contributed by atoms with E-state index >= 15 is 0 Å². The van der Waals surface area contributed by atoms with Crippen molar-refractivity contribution in [2.75, 3.05) is 13.7 Å². The van der Waals surface area contributed by atoms with Crippen LogP contribution in [-0.2, 0) is 15.0 Å². The van der Waals surface area contributed by atoms with Gasteiger partial charge in [0, 0.05) is 30.6 Å². The van der Waals surface area contributed by atoms with Crippen molar-refractivity contribution < 1.29 is 24.1 Å². The van der Waals surface area contributed by atoms with E-state index in [9.17, 15) is 14.6 Å². The summed E-state index contributed by atoms with van der Waals surface area (Å²) in [5, 5.41) is 30.1. The van der Waals surface area contributed by atoms with Crippen LogP contribution in [0.15, 0.2) is 42.9 Å². The lowest BCUT2D eigenvalue weighted by Crippen LogP contribution is -2.67. The highest BCUT2D eigenvalue weighted by molar-refractivity contribution is 7.80. The number of aryl methyl sites for hydroxylation is 1. The zero-order chi connectivity index (χ0) is 23.0. The Kier molecular flexibility index (Phi) is 6.53. The minimum Gasteiger partial charge on any atom is -0.394 e. The lowest BCUT2D eigenvalue weighted by Gasteiger charge is -2.51. The number of aromatic nitrogens is 4. The van der Waals surface area contributed by atoms with Crippen LogP contribution >= 0.6 is 24.2 Å². The number of benzene rings is 1. The van der Waals surface area contributed by atoms with Crippen LogP contribution in [0, 0.1) is 12.7 Å². The lowest BCUT2D eigenvalue weighted by molar-refractivity contribution is -0.213. The van der Waals surface area contributed by atoms with Crippen molar-refractivity contribution in [2.45, 2.75) is 36.2 Å². The van der Waals surface area contributed by atoms with Crippen LogP contribution in [0.5, 0.6) is 0 Å². The number of halogens is 2. The molecule has 0 bridgehead atoms. The van der Waals surface area contributed by atoms with Crippen molar-refractivity contribution in [3.8, 4) is 11.3 Å². The van der Waals surface area contributed by atoms with Crippen molar-refractivity contribution in [1.29, 1.82) is 0 Å². The molecule has 8 nitrogen and oxygen atoms in total. The minimum absolute atomic E-state index is 0.327. The standard InChI is InChI=1S/C21H22ClFN4O4S/c1-11-3-4-12(5-15(11)23)16-9-27(26-25-16)21(13-6-14(22)8-24-7-13)18(29)17(10-28)31-20(32)19(21)30-2/h3-9,17-20,28-29,32H,10H2,1-2H3/t17-,18+,19+,20-,21+/m0/s1. The first-order chi connectivity index (χ1) is 15.3. The highest BCUT2D eigenvalue weighted by Crippen LogP contribution is 2.44. The molecule has 1 saturated heterocycles. The fourth-order valence-corrected chi connectivity index (χ4v) is 4.81. The van der Waals surface area contributed by atoms with Crippen molar-refractivity contribution in [3.05, 3.63) is 64.8 Å². The van der Waals surface area contributed by atoms with E-state index in [2.05, 4.69) is 27.9 Å². The Hall–Kier alpha value is -2.08. The Balaban J connectivity index is 1.94. The molecular weight excluding hydrogens is 459 g/mol. The second-order valence-electron chi connectivity index (χ2n) is 7.58. The number of aliphatic hydroxyl groups excluding tert-OH is 2. The molecule has 0 saturated carbocycles. The third-order valence-electron chi connectivity index (χ3n) is 5.75. The minimum atomic E-state index is -1.46. The summed E-state index contributed by atoms with van der Waals surface area (Å²) >= 11 is 10.7. The molecule has 0 radical (unpaired) electrons. The first-order valence-electron chi connectivity index (χ1n) is 9.78. The van der Waals surface area contributed by atoms with Gasteiger partial charge in [-0.2, -0.15) is 0 Å². The Labute approximate surface area is 194 Å². The van der Waals surface area contributed by atoms with Crippen LogP contribution in [0.25, 0.3) is 11.3 Å². The molecule has 0 spiro atoms.